The molecule has 3 rings (SSSR count). The average molecular weight is 328 g/mol. The maximum absolute atomic E-state index is 12.8. The lowest BCUT2D eigenvalue weighted by atomic mass is 9.69. The maximum atomic E-state index is 12.8. The van der Waals surface area contributed by atoms with Crippen molar-refractivity contribution in [3.8, 4) is 0 Å². The van der Waals surface area contributed by atoms with Gasteiger partial charge in [0.2, 0.25) is 0 Å². The molecular formula is C15H11F3O3S. The molecule has 0 aromatic heterocycles. The molecule has 116 valence electrons. The van der Waals surface area contributed by atoms with E-state index in [9.17, 15) is 26.7 Å². The van der Waals surface area contributed by atoms with Crippen molar-refractivity contribution in [2.24, 2.45) is 0 Å². The van der Waals surface area contributed by atoms with Gasteiger partial charge in [-0.25, -0.2) is 8.42 Å². The van der Waals surface area contributed by atoms with Gasteiger partial charge in [-0.05, 0) is 17.2 Å². The molecule has 0 fully saturated rings. The van der Waals surface area contributed by atoms with E-state index in [1.54, 1.807) is 30.3 Å². The fourth-order valence-corrected chi connectivity index (χ4v) is 3.84. The van der Waals surface area contributed by atoms with E-state index in [0.29, 0.717) is 11.1 Å². The van der Waals surface area contributed by atoms with E-state index in [1.807, 2.05) is 0 Å². The quantitative estimate of drug-likeness (QED) is 0.922. The second-order valence-corrected chi connectivity index (χ2v) is 7.05. The predicted molar refractivity (Wildman–Crippen MR) is 72.8 cm³/mol. The summed E-state index contributed by atoms with van der Waals surface area (Å²) in [5.41, 5.74) is -6.54. The number of benzene rings is 2. The van der Waals surface area contributed by atoms with Gasteiger partial charge in [0.15, 0.2) is 0 Å². The van der Waals surface area contributed by atoms with Crippen molar-refractivity contribution < 1.29 is 26.7 Å². The Bertz CT molecular complexity index is 829. The molecule has 1 atom stereocenters. The van der Waals surface area contributed by atoms with E-state index >= 15 is 0 Å². The van der Waals surface area contributed by atoms with Crippen LogP contribution in [0.3, 0.4) is 0 Å². The standard InChI is InChI=1S/C15H11F3O3S/c16-15(17,18)22(20,21)12-8-4-5-10-9-14(19,13(10)12)11-6-2-1-3-7-11/h1-8,19H,9H2. The first-order valence-electron chi connectivity index (χ1n) is 6.39. The second-order valence-electron chi connectivity index (χ2n) is 5.14. The van der Waals surface area contributed by atoms with Gasteiger partial charge in [-0.3, -0.25) is 0 Å². The molecule has 0 saturated heterocycles. The third kappa shape index (κ3) is 1.96. The molecular weight excluding hydrogens is 317 g/mol. The molecule has 2 aromatic rings. The number of sulfone groups is 1. The van der Waals surface area contributed by atoms with Crippen LogP contribution >= 0.6 is 0 Å². The minimum atomic E-state index is -5.52. The number of halogens is 3. The number of alkyl halides is 3. The highest BCUT2D eigenvalue weighted by Gasteiger charge is 2.53. The van der Waals surface area contributed by atoms with Gasteiger partial charge in [-0.2, -0.15) is 13.2 Å². The topological polar surface area (TPSA) is 54.4 Å². The molecule has 7 heteroatoms. The highest BCUT2D eigenvalue weighted by molar-refractivity contribution is 7.92. The molecule has 1 unspecified atom stereocenters. The number of hydrogen-bond acceptors (Lipinski definition) is 3. The van der Waals surface area contributed by atoms with Crippen molar-refractivity contribution in [1.82, 2.24) is 0 Å². The third-order valence-corrected chi connectivity index (χ3v) is 5.35. The van der Waals surface area contributed by atoms with Gasteiger partial charge >= 0.3 is 5.51 Å². The minimum absolute atomic E-state index is 0.0769. The van der Waals surface area contributed by atoms with E-state index in [4.69, 9.17) is 0 Å². The summed E-state index contributed by atoms with van der Waals surface area (Å²) in [6.07, 6.45) is 0.0769. The Labute approximate surface area is 124 Å². The Morgan fingerprint density at radius 1 is 1.00 bits per heavy atom. The SMILES string of the molecule is O=S(=O)(c1cccc2c1C(O)(c1ccccc1)C2)C(F)(F)F. The van der Waals surface area contributed by atoms with E-state index < -0.39 is 25.8 Å². The number of hydrogen-bond donors (Lipinski definition) is 1. The molecule has 0 amide bonds. The predicted octanol–water partition coefficient (Wildman–Crippen LogP) is 2.77. The Balaban J connectivity index is 2.23. The lowest BCUT2D eigenvalue weighted by Crippen LogP contribution is -2.42. The Kier molecular flexibility index (Phi) is 3.12. The van der Waals surface area contributed by atoms with Crippen molar-refractivity contribution in [2.45, 2.75) is 22.4 Å². The van der Waals surface area contributed by atoms with Crippen LogP contribution in [0, 0.1) is 0 Å². The zero-order valence-corrected chi connectivity index (χ0v) is 11.9. The van der Waals surface area contributed by atoms with Crippen LogP contribution in [0.2, 0.25) is 0 Å². The molecule has 0 bridgehead atoms. The van der Waals surface area contributed by atoms with Gasteiger partial charge in [-0.15, -0.1) is 0 Å². The normalized spacial score (nSPS) is 21.1. The molecule has 0 saturated carbocycles. The van der Waals surface area contributed by atoms with Gasteiger partial charge in [0.25, 0.3) is 9.84 Å². The molecule has 0 radical (unpaired) electrons. The van der Waals surface area contributed by atoms with E-state index in [2.05, 4.69) is 0 Å². The summed E-state index contributed by atoms with van der Waals surface area (Å²) in [7, 11) is -5.52. The maximum Gasteiger partial charge on any atom is 0.501 e. The first-order valence-corrected chi connectivity index (χ1v) is 7.88. The average Bonchev–Trinajstić information content (AvgIpc) is 2.45. The molecule has 2 aromatic carbocycles. The zero-order chi connectivity index (χ0) is 16.2. The monoisotopic (exact) mass is 328 g/mol. The molecule has 22 heavy (non-hydrogen) atoms. The van der Waals surface area contributed by atoms with Crippen LogP contribution in [0.4, 0.5) is 13.2 Å². The van der Waals surface area contributed by atoms with Crippen LogP contribution < -0.4 is 0 Å². The lowest BCUT2D eigenvalue weighted by Gasteiger charge is -2.41. The number of aliphatic hydroxyl groups is 1. The molecule has 1 N–H and O–H groups in total. The van der Waals surface area contributed by atoms with Gasteiger partial charge in [0.1, 0.15) is 5.60 Å². The van der Waals surface area contributed by atoms with Crippen LogP contribution in [-0.4, -0.2) is 19.0 Å². The van der Waals surface area contributed by atoms with E-state index in [1.165, 1.54) is 12.1 Å². The van der Waals surface area contributed by atoms with Gasteiger partial charge < -0.3 is 5.11 Å². The van der Waals surface area contributed by atoms with Crippen LogP contribution in [0.5, 0.6) is 0 Å². The van der Waals surface area contributed by atoms with Crippen molar-refractivity contribution in [2.75, 3.05) is 0 Å². The summed E-state index contributed by atoms with van der Waals surface area (Å²) in [6, 6.07) is 11.7. The smallest absolute Gasteiger partial charge is 0.380 e. The fourth-order valence-electron chi connectivity index (χ4n) is 2.76. The van der Waals surface area contributed by atoms with Crippen LogP contribution in [0.25, 0.3) is 0 Å². The largest absolute Gasteiger partial charge is 0.501 e. The van der Waals surface area contributed by atoms with Gasteiger partial charge in [-0.1, -0.05) is 42.5 Å². The van der Waals surface area contributed by atoms with Gasteiger partial charge in [0, 0.05) is 12.0 Å². The van der Waals surface area contributed by atoms with Gasteiger partial charge in [0.05, 0.1) is 4.90 Å². The molecule has 1 aliphatic carbocycles. The highest BCUT2D eigenvalue weighted by Crippen LogP contribution is 2.48. The van der Waals surface area contributed by atoms with Crippen LogP contribution in [-0.2, 0) is 21.9 Å². The van der Waals surface area contributed by atoms with Crippen molar-refractivity contribution >= 4 is 9.84 Å². The third-order valence-electron chi connectivity index (χ3n) is 3.82. The van der Waals surface area contributed by atoms with E-state index in [0.717, 1.165) is 6.07 Å². The van der Waals surface area contributed by atoms with Crippen LogP contribution in [0.1, 0.15) is 16.7 Å². The highest BCUT2D eigenvalue weighted by atomic mass is 32.2. The summed E-state index contributed by atoms with van der Waals surface area (Å²) < 4.78 is 62.0. The first kappa shape index (κ1) is 15.1. The summed E-state index contributed by atoms with van der Waals surface area (Å²) >= 11 is 0. The Hall–Kier alpha value is -1.86. The van der Waals surface area contributed by atoms with Crippen molar-refractivity contribution in [3.05, 3.63) is 65.2 Å². The number of rotatable bonds is 2. The van der Waals surface area contributed by atoms with Crippen molar-refractivity contribution in [3.63, 3.8) is 0 Å². The summed E-state index contributed by atoms with van der Waals surface area (Å²) in [4.78, 5) is -0.880. The Morgan fingerprint density at radius 3 is 2.23 bits per heavy atom. The van der Waals surface area contributed by atoms with Crippen LogP contribution in [0.15, 0.2) is 53.4 Å². The summed E-state index contributed by atoms with van der Waals surface area (Å²) in [5, 5.41) is 10.7. The minimum Gasteiger partial charge on any atom is -0.380 e. The van der Waals surface area contributed by atoms with E-state index in [-0.39, 0.29) is 12.0 Å². The fraction of sp³-hybridized carbons (Fsp3) is 0.200. The molecule has 0 aliphatic heterocycles. The van der Waals surface area contributed by atoms with Crippen molar-refractivity contribution in [1.29, 1.82) is 0 Å². The number of fused-ring (bicyclic) bond motifs is 1. The molecule has 3 nitrogen and oxygen atoms in total. The zero-order valence-electron chi connectivity index (χ0n) is 11.1. The molecule has 0 heterocycles. The first-order chi connectivity index (χ1) is 10.2. The summed E-state index contributed by atoms with van der Waals surface area (Å²) in [5.74, 6) is 0. The Morgan fingerprint density at radius 2 is 1.64 bits per heavy atom. The summed E-state index contributed by atoms with van der Waals surface area (Å²) in [6.45, 7) is 0. The molecule has 0 spiro atoms. The molecule has 1 aliphatic rings. The lowest BCUT2D eigenvalue weighted by molar-refractivity contribution is -0.0439. The second kappa shape index (κ2) is 4.57.